The summed E-state index contributed by atoms with van der Waals surface area (Å²) < 4.78 is 15.9. The molecule has 3 rings (SSSR count). The van der Waals surface area contributed by atoms with E-state index < -0.39 is 0 Å². The van der Waals surface area contributed by atoms with Gasteiger partial charge in [-0.3, -0.25) is 5.43 Å². The molecule has 7 heteroatoms. The number of aromatic nitrogens is 1. The van der Waals surface area contributed by atoms with E-state index in [1.807, 2.05) is 54.8 Å². The van der Waals surface area contributed by atoms with Gasteiger partial charge in [0, 0.05) is 10.9 Å². The lowest BCUT2D eigenvalue weighted by Gasteiger charge is -2.08. The van der Waals surface area contributed by atoms with Crippen molar-refractivity contribution in [3.63, 3.8) is 0 Å². The van der Waals surface area contributed by atoms with Crippen molar-refractivity contribution in [2.24, 2.45) is 5.10 Å². The summed E-state index contributed by atoms with van der Waals surface area (Å²) in [7, 11) is 4.92. The Balaban J connectivity index is 1.78. The van der Waals surface area contributed by atoms with E-state index in [0.717, 1.165) is 39.8 Å². The minimum Gasteiger partial charge on any atom is -0.497 e. The Hall–Kier alpha value is -3.06. The van der Waals surface area contributed by atoms with Gasteiger partial charge in [0.15, 0.2) is 0 Å². The fourth-order valence-electron chi connectivity index (χ4n) is 2.49. The van der Waals surface area contributed by atoms with Crippen molar-refractivity contribution in [1.29, 1.82) is 0 Å². The van der Waals surface area contributed by atoms with Crippen LogP contribution in [0.3, 0.4) is 0 Å². The molecule has 0 unspecified atom stereocenters. The zero-order valence-corrected chi connectivity index (χ0v) is 16.5. The number of methoxy groups -OCH3 is 3. The van der Waals surface area contributed by atoms with Crippen LogP contribution in [0.25, 0.3) is 11.3 Å². The first kappa shape index (κ1) is 18.7. The van der Waals surface area contributed by atoms with Gasteiger partial charge in [0.1, 0.15) is 17.2 Å². The van der Waals surface area contributed by atoms with Gasteiger partial charge in [-0.2, -0.15) is 5.10 Å². The fraction of sp³-hybridized carbons (Fsp3) is 0.200. The molecular weight excluding hydrogens is 362 g/mol. The number of benzene rings is 2. The van der Waals surface area contributed by atoms with E-state index in [-0.39, 0.29) is 0 Å². The standard InChI is InChI=1S/C20H21N3O3S/c1-13(14-5-7-15(24-2)8-6-14)22-23-20-21-18(12-27-20)17-11-16(25-3)9-10-19(17)26-4/h5-12H,1-4H3,(H,21,23)/b22-13-. The molecule has 27 heavy (non-hydrogen) atoms. The van der Waals surface area contributed by atoms with E-state index in [4.69, 9.17) is 14.2 Å². The average molecular weight is 383 g/mol. The minimum absolute atomic E-state index is 0.697. The summed E-state index contributed by atoms with van der Waals surface area (Å²) in [5.74, 6) is 2.31. The molecule has 1 aromatic heterocycles. The van der Waals surface area contributed by atoms with Gasteiger partial charge in [0.25, 0.3) is 0 Å². The number of hydrogen-bond donors (Lipinski definition) is 1. The highest BCUT2D eigenvalue weighted by molar-refractivity contribution is 7.14. The molecule has 0 saturated carbocycles. The summed E-state index contributed by atoms with van der Waals surface area (Å²) in [6.07, 6.45) is 0. The average Bonchev–Trinajstić information content (AvgIpc) is 3.20. The number of thiazole rings is 1. The van der Waals surface area contributed by atoms with Crippen LogP contribution in [0.5, 0.6) is 17.2 Å². The van der Waals surface area contributed by atoms with Gasteiger partial charge in [-0.25, -0.2) is 4.98 Å². The summed E-state index contributed by atoms with van der Waals surface area (Å²) in [4.78, 5) is 4.60. The Morgan fingerprint density at radius 1 is 0.963 bits per heavy atom. The van der Waals surface area contributed by atoms with E-state index >= 15 is 0 Å². The maximum absolute atomic E-state index is 5.43. The number of ether oxygens (including phenoxy) is 3. The first-order chi connectivity index (χ1) is 13.1. The van der Waals surface area contributed by atoms with Gasteiger partial charge in [-0.1, -0.05) is 0 Å². The highest BCUT2D eigenvalue weighted by atomic mass is 32.1. The normalized spacial score (nSPS) is 11.2. The molecule has 1 N–H and O–H groups in total. The number of anilines is 1. The van der Waals surface area contributed by atoms with Crippen molar-refractivity contribution in [2.75, 3.05) is 26.8 Å². The van der Waals surface area contributed by atoms with Crippen LogP contribution in [0.4, 0.5) is 5.13 Å². The molecule has 0 aliphatic heterocycles. The summed E-state index contributed by atoms with van der Waals surface area (Å²) in [6, 6.07) is 13.4. The van der Waals surface area contributed by atoms with E-state index in [1.54, 1.807) is 21.3 Å². The van der Waals surface area contributed by atoms with E-state index in [9.17, 15) is 0 Å². The molecule has 0 fully saturated rings. The van der Waals surface area contributed by atoms with Crippen molar-refractivity contribution < 1.29 is 14.2 Å². The summed E-state index contributed by atoms with van der Waals surface area (Å²) in [6.45, 7) is 1.94. The third-order valence-corrected chi connectivity index (χ3v) is 4.76. The van der Waals surface area contributed by atoms with Crippen LogP contribution in [0, 0.1) is 0 Å². The summed E-state index contributed by atoms with van der Waals surface area (Å²) in [5, 5.41) is 7.07. The second-order valence-electron chi connectivity index (χ2n) is 5.64. The van der Waals surface area contributed by atoms with Gasteiger partial charge >= 0.3 is 0 Å². The molecule has 0 bridgehead atoms. The minimum atomic E-state index is 0.697. The highest BCUT2D eigenvalue weighted by Crippen LogP contribution is 2.35. The summed E-state index contributed by atoms with van der Waals surface area (Å²) >= 11 is 1.47. The Morgan fingerprint density at radius 2 is 1.67 bits per heavy atom. The maximum atomic E-state index is 5.43. The maximum Gasteiger partial charge on any atom is 0.203 e. The Kier molecular flexibility index (Phi) is 5.93. The molecule has 0 saturated heterocycles. The first-order valence-corrected chi connectivity index (χ1v) is 9.15. The molecule has 0 radical (unpaired) electrons. The largest absolute Gasteiger partial charge is 0.497 e. The monoisotopic (exact) mass is 383 g/mol. The van der Waals surface area contributed by atoms with Crippen LogP contribution < -0.4 is 19.6 Å². The zero-order valence-electron chi connectivity index (χ0n) is 15.6. The molecule has 3 aromatic rings. The molecule has 0 aliphatic rings. The molecule has 0 atom stereocenters. The number of nitrogens with one attached hydrogen (secondary N) is 1. The number of hydrazone groups is 1. The molecule has 2 aromatic carbocycles. The smallest absolute Gasteiger partial charge is 0.203 e. The second kappa shape index (κ2) is 8.55. The van der Waals surface area contributed by atoms with Crippen molar-refractivity contribution in [2.45, 2.75) is 6.92 Å². The predicted molar refractivity (Wildman–Crippen MR) is 109 cm³/mol. The Morgan fingerprint density at radius 3 is 2.33 bits per heavy atom. The number of rotatable bonds is 7. The van der Waals surface area contributed by atoms with Crippen molar-refractivity contribution in [3.05, 3.63) is 53.4 Å². The van der Waals surface area contributed by atoms with Crippen molar-refractivity contribution in [1.82, 2.24) is 4.98 Å². The van der Waals surface area contributed by atoms with Crippen LogP contribution in [0.1, 0.15) is 12.5 Å². The fourth-order valence-corrected chi connectivity index (χ4v) is 3.14. The molecule has 0 spiro atoms. The van der Waals surface area contributed by atoms with Crippen LogP contribution in [0.2, 0.25) is 0 Å². The molecule has 0 aliphatic carbocycles. The van der Waals surface area contributed by atoms with E-state index in [2.05, 4.69) is 15.5 Å². The first-order valence-electron chi connectivity index (χ1n) is 8.27. The lowest BCUT2D eigenvalue weighted by atomic mass is 10.1. The van der Waals surface area contributed by atoms with Crippen molar-refractivity contribution in [3.8, 4) is 28.5 Å². The molecular formula is C20H21N3O3S. The Bertz CT molecular complexity index is 936. The highest BCUT2D eigenvalue weighted by Gasteiger charge is 2.11. The lowest BCUT2D eigenvalue weighted by Crippen LogP contribution is -1.99. The van der Waals surface area contributed by atoms with Gasteiger partial charge in [0.2, 0.25) is 5.13 Å². The second-order valence-corrected chi connectivity index (χ2v) is 6.50. The SMILES string of the molecule is COc1ccc(/C(C)=N\Nc2nc(-c3cc(OC)ccc3OC)cs2)cc1. The van der Waals surface area contributed by atoms with Gasteiger partial charge < -0.3 is 14.2 Å². The number of nitrogens with zero attached hydrogens (tertiary/aromatic N) is 2. The van der Waals surface area contributed by atoms with Crippen molar-refractivity contribution >= 4 is 22.2 Å². The van der Waals surface area contributed by atoms with Crippen LogP contribution in [-0.2, 0) is 0 Å². The van der Waals surface area contributed by atoms with Crippen LogP contribution >= 0.6 is 11.3 Å². The molecule has 6 nitrogen and oxygen atoms in total. The van der Waals surface area contributed by atoms with Gasteiger partial charge in [-0.05, 0) is 55.0 Å². The summed E-state index contributed by atoms with van der Waals surface area (Å²) in [5.41, 5.74) is 6.56. The molecule has 0 amide bonds. The quantitative estimate of drug-likeness (QED) is 0.474. The third kappa shape index (κ3) is 4.38. The Labute approximate surface area is 162 Å². The van der Waals surface area contributed by atoms with Crippen LogP contribution in [0.15, 0.2) is 52.9 Å². The van der Waals surface area contributed by atoms with Crippen LogP contribution in [-0.4, -0.2) is 32.0 Å². The molecule has 140 valence electrons. The molecule has 1 heterocycles. The van der Waals surface area contributed by atoms with E-state index in [0.29, 0.717) is 5.13 Å². The zero-order chi connectivity index (χ0) is 19.2. The third-order valence-electron chi connectivity index (χ3n) is 4.01. The van der Waals surface area contributed by atoms with E-state index in [1.165, 1.54) is 11.3 Å². The van der Waals surface area contributed by atoms with Gasteiger partial charge in [-0.15, -0.1) is 11.3 Å². The lowest BCUT2D eigenvalue weighted by molar-refractivity contribution is 0.404. The van der Waals surface area contributed by atoms with Gasteiger partial charge in [0.05, 0.1) is 32.7 Å². The predicted octanol–water partition coefficient (Wildman–Crippen LogP) is 4.67. The number of hydrogen-bond acceptors (Lipinski definition) is 7. The topological polar surface area (TPSA) is 65.0 Å².